The number of rotatable bonds is 6. The Bertz CT molecular complexity index is 957. The number of aliphatic carboxylic acids is 1. The number of amidine groups is 1. The molecule has 28 heavy (non-hydrogen) atoms. The maximum atomic E-state index is 12.2. The fourth-order valence-corrected chi connectivity index (χ4v) is 3.52. The molecule has 1 saturated heterocycles. The lowest BCUT2D eigenvalue weighted by Gasteiger charge is -2.13. The van der Waals surface area contributed by atoms with Gasteiger partial charge in [-0.05, 0) is 66.2 Å². The third-order valence-corrected chi connectivity index (χ3v) is 5.23. The van der Waals surface area contributed by atoms with E-state index >= 15 is 0 Å². The van der Waals surface area contributed by atoms with Crippen molar-refractivity contribution < 1.29 is 19.4 Å². The third-order valence-electron chi connectivity index (χ3n) is 3.79. The summed E-state index contributed by atoms with van der Waals surface area (Å²) in [6.07, 6.45) is 1.17. The second-order valence-corrected chi connectivity index (χ2v) is 7.83. The van der Waals surface area contributed by atoms with E-state index in [2.05, 4.69) is 26.2 Å². The Morgan fingerprint density at radius 3 is 2.75 bits per heavy atom. The van der Waals surface area contributed by atoms with Crippen LogP contribution in [0.1, 0.15) is 18.9 Å². The highest BCUT2D eigenvalue weighted by Gasteiger charge is 2.24. The van der Waals surface area contributed by atoms with Crippen LogP contribution >= 0.6 is 27.7 Å². The lowest BCUT2D eigenvalue weighted by molar-refractivity contribution is -0.145. The first-order valence-electron chi connectivity index (χ1n) is 8.49. The molecule has 1 heterocycles. The molecule has 144 valence electrons. The molecule has 0 spiro atoms. The van der Waals surface area contributed by atoms with Crippen molar-refractivity contribution in [1.29, 1.82) is 0 Å². The van der Waals surface area contributed by atoms with Crippen molar-refractivity contribution in [1.82, 2.24) is 5.32 Å². The van der Waals surface area contributed by atoms with E-state index in [9.17, 15) is 9.59 Å². The number of benzene rings is 2. The number of halogens is 1. The van der Waals surface area contributed by atoms with Gasteiger partial charge in [0.05, 0.1) is 10.6 Å². The molecule has 0 bridgehead atoms. The first-order chi connectivity index (χ1) is 13.4. The fraction of sp³-hybridized carbons (Fsp3) is 0.150. The van der Waals surface area contributed by atoms with E-state index < -0.39 is 12.1 Å². The monoisotopic (exact) mass is 460 g/mol. The number of ether oxygens (including phenoxy) is 1. The van der Waals surface area contributed by atoms with Crippen LogP contribution in [-0.2, 0) is 9.59 Å². The van der Waals surface area contributed by atoms with Crippen LogP contribution in [0.15, 0.2) is 62.9 Å². The molecule has 0 saturated carbocycles. The van der Waals surface area contributed by atoms with Crippen LogP contribution in [0.4, 0.5) is 5.69 Å². The van der Waals surface area contributed by atoms with Crippen LogP contribution in [0.25, 0.3) is 6.08 Å². The van der Waals surface area contributed by atoms with Gasteiger partial charge < -0.3 is 15.2 Å². The molecule has 1 atom stereocenters. The van der Waals surface area contributed by atoms with Gasteiger partial charge in [0, 0.05) is 4.47 Å². The highest BCUT2D eigenvalue weighted by molar-refractivity contribution is 9.10. The van der Waals surface area contributed by atoms with Gasteiger partial charge in [-0.1, -0.05) is 35.0 Å². The normalized spacial score (nSPS) is 17.6. The van der Waals surface area contributed by atoms with Gasteiger partial charge in [0.25, 0.3) is 5.91 Å². The van der Waals surface area contributed by atoms with Gasteiger partial charge in [-0.2, -0.15) is 0 Å². The molecule has 3 rings (SSSR count). The summed E-state index contributed by atoms with van der Waals surface area (Å²) in [7, 11) is 0. The Kier molecular flexibility index (Phi) is 6.53. The van der Waals surface area contributed by atoms with Crippen molar-refractivity contribution in [2.45, 2.75) is 19.4 Å². The Balaban J connectivity index is 1.76. The van der Waals surface area contributed by atoms with E-state index in [1.807, 2.05) is 30.3 Å². The van der Waals surface area contributed by atoms with Crippen molar-refractivity contribution in [2.75, 3.05) is 0 Å². The summed E-state index contributed by atoms with van der Waals surface area (Å²) in [5.41, 5.74) is 1.47. The van der Waals surface area contributed by atoms with Gasteiger partial charge in [-0.25, -0.2) is 9.79 Å². The number of hydrogen-bond acceptors (Lipinski definition) is 5. The molecule has 2 N–H and O–H groups in total. The number of carboxylic acid groups (broad SMARTS) is 1. The summed E-state index contributed by atoms with van der Waals surface area (Å²) < 4.78 is 6.46. The van der Waals surface area contributed by atoms with E-state index in [1.54, 1.807) is 31.2 Å². The fourth-order valence-electron chi connectivity index (χ4n) is 2.42. The maximum absolute atomic E-state index is 12.2. The topological polar surface area (TPSA) is 88.0 Å². The molecule has 6 nitrogen and oxygen atoms in total. The second kappa shape index (κ2) is 9.07. The predicted molar refractivity (Wildman–Crippen MR) is 114 cm³/mol. The summed E-state index contributed by atoms with van der Waals surface area (Å²) in [6, 6.07) is 14.4. The number of amides is 1. The molecular formula is C20H17BrN2O4S. The number of nitrogens with one attached hydrogen (secondary N) is 1. The van der Waals surface area contributed by atoms with Crippen LogP contribution in [0, 0.1) is 0 Å². The molecule has 0 radical (unpaired) electrons. The summed E-state index contributed by atoms with van der Waals surface area (Å²) in [6.45, 7) is 1.75. The highest BCUT2D eigenvalue weighted by atomic mass is 79.9. The number of carboxylic acids is 1. The number of carbonyl (C=O) groups is 2. The summed E-state index contributed by atoms with van der Waals surface area (Å²) in [5.74, 6) is -0.800. The number of carbonyl (C=O) groups excluding carboxylic acids is 1. The van der Waals surface area contributed by atoms with E-state index in [-0.39, 0.29) is 5.91 Å². The summed E-state index contributed by atoms with van der Waals surface area (Å²) >= 11 is 4.62. The van der Waals surface area contributed by atoms with Gasteiger partial charge in [0.15, 0.2) is 11.3 Å². The average Bonchev–Trinajstić information content (AvgIpc) is 3.00. The molecule has 2 aromatic carbocycles. The van der Waals surface area contributed by atoms with E-state index in [0.717, 1.165) is 15.7 Å². The van der Waals surface area contributed by atoms with Crippen molar-refractivity contribution in [2.24, 2.45) is 4.99 Å². The molecular weight excluding hydrogens is 444 g/mol. The summed E-state index contributed by atoms with van der Waals surface area (Å²) in [4.78, 5) is 28.3. The smallest absolute Gasteiger partial charge is 0.344 e. The van der Waals surface area contributed by atoms with Crippen LogP contribution in [0.2, 0.25) is 0 Å². The van der Waals surface area contributed by atoms with Crippen LogP contribution < -0.4 is 10.1 Å². The van der Waals surface area contributed by atoms with E-state index in [0.29, 0.717) is 22.2 Å². The molecule has 1 aliphatic heterocycles. The van der Waals surface area contributed by atoms with Crippen molar-refractivity contribution in [3.63, 3.8) is 0 Å². The minimum Gasteiger partial charge on any atom is -0.479 e. The van der Waals surface area contributed by atoms with Crippen molar-refractivity contribution in [3.8, 4) is 5.75 Å². The Labute approximate surface area is 174 Å². The standard InChI is InChI=1S/C20H17BrN2O4S/c1-2-16(19(25)26)27-15-5-3-4-12(10-15)11-17-18(24)23-20(28-17)22-14-8-6-13(21)7-9-14/h3-11,16H,2H2,1H3,(H,25,26)(H,22,23,24)/b17-11+. The predicted octanol–water partition coefficient (Wildman–Crippen LogP) is 4.58. The molecule has 2 aromatic rings. The number of aliphatic imine (C=N–C) groups is 1. The van der Waals surface area contributed by atoms with Gasteiger partial charge in [-0.15, -0.1) is 0 Å². The second-order valence-electron chi connectivity index (χ2n) is 5.88. The largest absolute Gasteiger partial charge is 0.479 e. The molecule has 1 amide bonds. The number of hydrogen-bond donors (Lipinski definition) is 2. The third kappa shape index (κ3) is 5.24. The maximum Gasteiger partial charge on any atom is 0.344 e. The van der Waals surface area contributed by atoms with E-state index in [4.69, 9.17) is 9.84 Å². The first kappa shape index (κ1) is 20.2. The van der Waals surface area contributed by atoms with Crippen molar-refractivity contribution >= 4 is 56.5 Å². The van der Waals surface area contributed by atoms with Gasteiger partial charge in [0.1, 0.15) is 5.75 Å². The number of thioether (sulfide) groups is 1. The molecule has 1 fully saturated rings. The van der Waals surface area contributed by atoms with Gasteiger partial charge in [-0.3, -0.25) is 4.79 Å². The molecule has 1 aliphatic rings. The zero-order valence-electron chi connectivity index (χ0n) is 14.9. The lowest BCUT2D eigenvalue weighted by atomic mass is 10.2. The zero-order valence-corrected chi connectivity index (χ0v) is 17.3. The van der Waals surface area contributed by atoms with Gasteiger partial charge >= 0.3 is 5.97 Å². The van der Waals surface area contributed by atoms with Gasteiger partial charge in [0.2, 0.25) is 0 Å². The minimum atomic E-state index is -1.01. The van der Waals surface area contributed by atoms with E-state index in [1.165, 1.54) is 11.8 Å². The first-order valence-corrected chi connectivity index (χ1v) is 10.1. The van der Waals surface area contributed by atoms with Crippen LogP contribution in [0.3, 0.4) is 0 Å². The van der Waals surface area contributed by atoms with Crippen LogP contribution in [0.5, 0.6) is 5.75 Å². The molecule has 8 heteroatoms. The zero-order chi connectivity index (χ0) is 20.1. The quantitative estimate of drug-likeness (QED) is 0.615. The minimum absolute atomic E-state index is 0.232. The Hall–Kier alpha value is -2.58. The van der Waals surface area contributed by atoms with Crippen molar-refractivity contribution in [3.05, 3.63) is 63.5 Å². The Morgan fingerprint density at radius 2 is 2.07 bits per heavy atom. The Morgan fingerprint density at radius 1 is 1.32 bits per heavy atom. The molecule has 0 aliphatic carbocycles. The SMILES string of the molecule is CCC(Oc1cccc(/C=C2/SC(=Nc3ccc(Br)cc3)NC2=O)c1)C(=O)O. The van der Waals surface area contributed by atoms with Crippen LogP contribution in [-0.4, -0.2) is 28.3 Å². The number of nitrogens with zero attached hydrogens (tertiary/aromatic N) is 1. The summed E-state index contributed by atoms with van der Waals surface area (Å²) in [5, 5.41) is 12.4. The average molecular weight is 461 g/mol. The lowest BCUT2D eigenvalue weighted by Crippen LogP contribution is -2.25. The highest BCUT2D eigenvalue weighted by Crippen LogP contribution is 2.29. The molecule has 1 unspecified atom stereocenters. The molecule has 0 aromatic heterocycles.